The van der Waals surface area contributed by atoms with Crippen LogP contribution in [0.3, 0.4) is 0 Å². The average molecular weight is 389 g/mol. The van der Waals surface area contributed by atoms with E-state index in [1.165, 1.54) is 11.1 Å². The number of ketones is 1. The Hall–Kier alpha value is -2.93. The van der Waals surface area contributed by atoms with Crippen molar-refractivity contribution in [3.63, 3.8) is 0 Å². The number of allylic oxidation sites excluding steroid dienone is 13. The Morgan fingerprint density at radius 2 is 1.86 bits per heavy atom. The van der Waals surface area contributed by atoms with E-state index in [0.717, 1.165) is 24.0 Å². The van der Waals surface area contributed by atoms with Crippen LogP contribution in [0.1, 0.15) is 57.0 Å². The molecule has 0 radical (unpaired) electrons. The first kappa shape index (κ1) is 26.1. The highest BCUT2D eigenvalue weighted by molar-refractivity contribution is 5.94. The van der Waals surface area contributed by atoms with E-state index in [-0.39, 0.29) is 5.78 Å². The van der Waals surface area contributed by atoms with Gasteiger partial charge in [0.15, 0.2) is 5.78 Å². The van der Waals surface area contributed by atoms with Gasteiger partial charge in [0.1, 0.15) is 0 Å². The summed E-state index contributed by atoms with van der Waals surface area (Å²) >= 11 is 0. The minimum absolute atomic E-state index is 0.115. The van der Waals surface area contributed by atoms with Gasteiger partial charge in [-0.05, 0) is 56.4 Å². The summed E-state index contributed by atoms with van der Waals surface area (Å²) in [6, 6.07) is 7.79. The second kappa shape index (κ2) is 17.2. The minimum atomic E-state index is 0.115. The number of hydrogen-bond acceptors (Lipinski definition) is 1. The van der Waals surface area contributed by atoms with Gasteiger partial charge < -0.3 is 0 Å². The Labute approximate surface area is 178 Å². The highest BCUT2D eigenvalue weighted by Gasteiger charge is 1.98. The maximum atomic E-state index is 11.3. The van der Waals surface area contributed by atoms with Gasteiger partial charge in [0.2, 0.25) is 0 Å². The zero-order valence-corrected chi connectivity index (χ0v) is 18.7. The smallest absolute Gasteiger partial charge is 0.159 e. The molecule has 1 aliphatic carbocycles. The Morgan fingerprint density at radius 1 is 1.10 bits per heavy atom. The van der Waals surface area contributed by atoms with Crippen molar-refractivity contribution in [3.8, 4) is 0 Å². The van der Waals surface area contributed by atoms with Gasteiger partial charge in [0, 0.05) is 5.56 Å². The van der Waals surface area contributed by atoms with Crippen LogP contribution >= 0.6 is 0 Å². The molecule has 0 saturated heterocycles. The molecule has 0 bridgehead atoms. The van der Waals surface area contributed by atoms with Crippen LogP contribution in [-0.4, -0.2) is 5.78 Å². The average Bonchev–Trinajstić information content (AvgIpc) is 3.04. The highest BCUT2D eigenvalue weighted by Crippen LogP contribution is 2.09. The second-order valence-electron chi connectivity index (χ2n) is 6.11. The summed E-state index contributed by atoms with van der Waals surface area (Å²) in [5.74, 6) is 0.115. The highest BCUT2D eigenvalue weighted by atomic mass is 16.1. The lowest BCUT2D eigenvalue weighted by molar-refractivity contribution is 0.101. The third kappa shape index (κ3) is 12.2. The summed E-state index contributed by atoms with van der Waals surface area (Å²) in [7, 11) is 0. The van der Waals surface area contributed by atoms with E-state index < -0.39 is 0 Å². The molecule has 1 aromatic carbocycles. The topological polar surface area (TPSA) is 17.1 Å². The lowest BCUT2D eigenvalue weighted by Crippen LogP contribution is -1.93. The number of hydrogen-bond donors (Lipinski definition) is 0. The Morgan fingerprint density at radius 3 is 2.48 bits per heavy atom. The minimum Gasteiger partial charge on any atom is -0.295 e. The summed E-state index contributed by atoms with van der Waals surface area (Å²) in [5.41, 5.74) is 4.41. The Bertz CT molecular complexity index is 795. The fourth-order valence-corrected chi connectivity index (χ4v) is 2.43. The Balaban J connectivity index is 0.000000595. The molecule has 0 atom stereocenters. The summed E-state index contributed by atoms with van der Waals surface area (Å²) in [4.78, 5) is 11.3. The number of carbonyl (C=O) groups excluding carboxylic acids is 1. The molecule has 0 aromatic heterocycles. The van der Waals surface area contributed by atoms with Gasteiger partial charge in [0.05, 0.1) is 0 Å². The molecule has 0 unspecified atom stereocenters. The van der Waals surface area contributed by atoms with Crippen molar-refractivity contribution >= 4 is 5.78 Å². The zero-order chi connectivity index (χ0) is 21.9. The fourth-order valence-electron chi connectivity index (χ4n) is 2.43. The number of Topliss-reactive ketones (excluding diaryl/α,β-unsaturated/α-hetero) is 1. The zero-order valence-electron chi connectivity index (χ0n) is 18.7. The second-order valence-corrected chi connectivity index (χ2v) is 6.11. The summed E-state index contributed by atoms with van der Waals surface area (Å²) in [6.07, 6.45) is 24.4. The van der Waals surface area contributed by atoms with Crippen LogP contribution in [0.5, 0.6) is 0 Å². The van der Waals surface area contributed by atoms with Crippen molar-refractivity contribution < 1.29 is 4.79 Å². The van der Waals surface area contributed by atoms with Gasteiger partial charge in [-0.25, -0.2) is 0 Å². The molecule has 0 saturated carbocycles. The van der Waals surface area contributed by atoms with Crippen molar-refractivity contribution in [3.05, 3.63) is 120 Å². The van der Waals surface area contributed by atoms with Gasteiger partial charge in [-0.2, -0.15) is 0 Å². The van der Waals surface area contributed by atoms with E-state index in [0.29, 0.717) is 0 Å². The van der Waals surface area contributed by atoms with E-state index >= 15 is 0 Å². The van der Waals surface area contributed by atoms with Crippen LogP contribution in [0, 0.1) is 0 Å². The van der Waals surface area contributed by atoms with Crippen molar-refractivity contribution in [2.75, 3.05) is 0 Å². The molecule has 0 fully saturated rings. The molecule has 1 heteroatoms. The number of carbonyl (C=O) groups is 1. The molecule has 0 N–H and O–H groups in total. The monoisotopic (exact) mass is 388 g/mol. The molecule has 0 aliphatic heterocycles. The number of benzene rings is 1. The third-order valence-corrected chi connectivity index (χ3v) is 3.97. The van der Waals surface area contributed by atoms with Crippen molar-refractivity contribution in [2.45, 2.75) is 47.5 Å². The van der Waals surface area contributed by atoms with E-state index in [4.69, 9.17) is 0 Å². The van der Waals surface area contributed by atoms with Gasteiger partial charge in [-0.15, -0.1) is 0 Å². The molecule has 1 nitrogen and oxygen atoms in total. The molecule has 0 heterocycles. The van der Waals surface area contributed by atoms with Crippen molar-refractivity contribution in [1.82, 2.24) is 0 Å². The SMILES string of the molecule is C=CC1=CC=CC=CC1.CC.C\C=C/C(/C=C/Cc1cccc(C(C)=O)c1)=C\C. The molecule has 1 aliphatic rings. The van der Waals surface area contributed by atoms with Crippen molar-refractivity contribution in [2.24, 2.45) is 0 Å². The first-order chi connectivity index (χ1) is 14.1. The van der Waals surface area contributed by atoms with Crippen LogP contribution < -0.4 is 0 Å². The van der Waals surface area contributed by atoms with Gasteiger partial charge in [-0.3, -0.25) is 4.79 Å². The quantitative estimate of drug-likeness (QED) is 0.355. The molecule has 1 aromatic rings. The predicted molar refractivity (Wildman–Crippen MR) is 130 cm³/mol. The maximum Gasteiger partial charge on any atom is 0.159 e. The molecule has 29 heavy (non-hydrogen) atoms. The molecule has 0 amide bonds. The standard InChI is InChI=1S/C17H20O.C9H10.C2H6/c1-4-8-15(5-2)9-6-10-16-11-7-12-17(13-16)14(3)18;1-2-9-7-5-3-4-6-8-9;1-2/h4-9,11-13H,10H2,1-3H3;2-7H,1,8H2;1-2H3/b8-4-,9-6+,15-5+;;. The van der Waals surface area contributed by atoms with E-state index in [1.807, 2.05) is 82.3 Å². The summed E-state index contributed by atoms with van der Waals surface area (Å²) < 4.78 is 0. The van der Waals surface area contributed by atoms with E-state index in [2.05, 4.69) is 43.0 Å². The molecule has 0 spiro atoms. The molecular formula is C28H36O. The normalized spacial score (nSPS) is 13.1. The molecule has 154 valence electrons. The van der Waals surface area contributed by atoms with Crippen LogP contribution in [-0.2, 0) is 6.42 Å². The fraction of sp³-hybridized carbons (Fsp3) is 0.250. The number of rotatable bonds is 6. The Kier molecular flexibility index (Phi) is 15.5. The van der Waals surface area contributed by atoms with Gasteiger partial charge in [-0.1, -0.05) is 105 Å². The van der Waals surface area contributed by atoms with Crippen LogP contribution in [0.4, 0.5) is 0 Å². The van der Waals surface area contributed by atoms with Crippen LogP contribution in [0.25, 0.3) is 0 Å². The maximum absolute atomic E-state index is 11.3. The predicted octanol–water partition coefficient (Wildman–Crippen LogP) is 8.15. The first-order valence-corrected chi connectivity index (χ1v) is 10.3. The third-order valence-electron chi connectivity index (χ3n) is 3.97. The van der Waals surface area contributed by atoms with Crippen molar-refractivity contribution in [1.29, 1.82) is 0 Å². The van der Waals surface area contributed by atoms with Crippen LogP contribution in [0.2, 0.25) is 0 Å². The van der Waals surface area contributed by atoms with Gasteiger partial charge in [0.25, 0.3) is 0 Å². The largest absolute Gasteiger partial charge is 0.295 e. The van der Waals surface area contributed by atoms with E-state index in [9.17, 15) is 4.79 Å². The lowest BCUT2D eigenvalue weighted by atomic mass is 10.1. The first-order valence-electron chi connectivity index (χ1n) is 10.3. The van der Waals surface area contributed by atoms with Crippen LogP contribution in [0.15, 0.2) is 109 Å². The lowest BCUT2D eigenvalue weighted by Gasteiger charge is -2.00. The summed E-state index contributed by atoms with van der Waals surface area (Å²) in [6.45, 7) is 13.3. The summed E-state index contributed by atoms with van der Waals surface area (Å²) in [5, 5.41) is 0. The molecule has 2 rings (SSSR count). The van der Waals surface area contributed by atoms with E-state index in [1.54, 1.807) is 6.92 Å². The van der Waals surface area contributed by atoms with Gasteiger partial charge >= 0.3 is 0 Å². The molecular weight excluding hydrogens is 352 g/mol.